The molecule has 1 N–H and O–H groups in total. The molecule has 1 aromatic carbocycles. The van der Waals surface area contributed by atoms with Crippen molar-refractivity contribution >= 4 is 40.9 Å². The van der Waals surface area contributed by atoms with Crippen LogP contribution >= 0.6 is 35.0 Å². The van der Waals surface area contributed by atoms with Crippen LogP contribution in [-0.4, -0.2) is 42.2 Å². The standard InChI is InChI=1S/C16H24Cl2N2OS/c1-4-20(12(2)3)8-7-19-16(21)11-22-10-13-5-6-14(17)9-15(13)18/h5-6,9,12H,4,7-8,10-11H2,1-3H3,(H,19,21). The minimum Gasteiger partial charge on any atom is -0.354 e. The van der Waals surface area contributed by atoms with Crippen molar-refractivity contribution in [1.82, 2.24) is 10.2 Å². The highest BCUT2D eigenvalue weighted by molar-refractivity contribution is 7.99. The first-order valence-electron chi connectivity index (χ1n) is 7.46. The molecule has 0 saturated carbocycles. The van der Waals surface area contributed by atoms with Gasteiger partial charge in [-0.3, -0.25) is 9.69 Å². The lowest BCUT2D eigenvalue weighted by molar-refractivity contribution is -0.118. The van der Waals surface area contributed by atoms with E-state index in [1.54, 1.807) is 17.8 Å². The largest absolute Gasteiger partial charge is 0.354 e. The number of hydrogen-bond donors (Lipinski definition) is 1. The van der Waals surface area contributed by atoms with E-state index in [4.69, 9.17) is 23.2 Å². The van der Waals surface area contributed by atoms with Gasteiger partial charge < -0.3 is 5.32 Å². The molecule has 6 heteroatoms. The molecular weight excluding hydrogens is 339 g/mol. The Morgan fingerprint density at radius 2 is 2.09 bits per heavy atom. The predicted octanol–water partition coefficient (Wildman–Crippen LogP) is 4.07. The molecular formula is C16H24Cl2N2OS. The molecule has 0 bridgehead atoms. The number of carbonyl (C=O) groups excluding carboxylic acids is 1. The highest BCUT2D eigenvalue weighted by Crippen LogP contribution is 2.24. The summed E-state index contributed by atoms with van der Waals surface area (Å²) in [7, 11) is 0. The number of thioether (sulfide) groups is 1. The van der Waals surface area contributed by atoms with E-state index in [9.17, 15) is 4.79 Å². The fourth-order valence-corrected chi connectivity index (χ4v) is 3.48. The molecule has 1 aromatic rings. The van der Waals surface area contributed by atoms with Crippen LogP contribution in [-0.2, 0) is 10.5 Å². The average molecular weight is 363 g/mol. The monoisotopic (exact) mass is 362 g/mol. The molecule has 0 saturated heterocycles. The smallest absolute Gasteiger partial charge is 0.230 e. The normalized spacial score (nSPS) is 11.2. The molecule has 0 aliphatic carbocycles. The van der Waals surface area contributed by atoms with E-state index >= 15 is 0 Å². The van der Waals surface area contributed by atoms with Gasteiger partial charge in [0.1, 0.15) is 0 Å². The summed E-state index contributed by atoms with van der Waals surface area (Å²) in [5.41, 5.74) is 1.00. The first kappa shape index (κ1) is 19.6. The molecule has 1 rings (SSSR count). The summed E-state index contributed by atoms with van der Waals surface area (Å²) in [6, 6.07) is 5.94. The number of carbonyl (C=O) groups is 1. The first-order chi connectivity index (χ1) is 10.4. The van der Waals surface area contributed by atoms with Gasteiger partial charge in [0.2, 0.25) is 5.91 Å². The lowest BCUT2D eigenvalue weighted by Gasteiger charge is -2.24. The molecule has 3 nitrogen and oxygen atoms in total. The van der Waals surface area contributed by atoms with E-state index in [2.05, 4.69) is 31.0 Å². The van der Waals surface area contributed by atoms with Crippen LogP contribution in [0.25, 0.3) is 0 Å². The van der Waals surface area contributed by atoms with E-state index in [1.165, 1.54) is 0 Å². The fourth-order valence-electron chi connectivity index (χ4n) is 2.06. The second-order valence-electron chi connectivity index (χ2n) is 5.30. The zero-order valence-electron chi connectivity index (χ0n) is 13.4. The third-order valence-electron chi connectivity index (χ3n) is 3.36. The summed E-state index contributed by atoms with van der Waals surface area (Å²) in [6.45, 7) is 9.03. The quantitative estimate of drug-likeness (QED) is 0.718. The van der Waals surface area contributed by atoms with E-state index in [1.807, 2.05) is 12.1 Å². The van der Waals surface area contributed by atoms with Crippen LogP contribution < -0.4 is 5.32 Å². The van der Waals surface area contributed by atoms with E-state index in [-0.39, 0.29) is 5.91 Å². The maximum atomic E-state index is 11.8. The van der Waals surface area contributed by atoms with Crippen LogP contribution in [0.4, 0.5) is 0 Å². The lowest BCUT2D eigenvalue weighted by atomic mass is 10.2. The molecule has 0 radical (unpaired) electrons. The molecule has 0 spiro atoms. The molecule has 1 amide bonds. The van der Waals surface area contributed by atoms with Crippen molar-refractivity contribution in [3.8, 4) is 0 Å². The van der Waals surface area contributed by atoms with Crippen molar-refractivity contribution in [1.29, 1.82) is 0 Å². The summed E-state index contributed by atoms with van der Waals surface area (Å²) in [6.07, 6.45) is 0. The second-order valence-corrected chi connectivity index (χ2v) is 7.13. The number of likely N-dealkylation sites (N-methyl/N-ethyl adjacent to an activating group) is 1. The van der Waals surface area contributed by atoms with Gasteiger partial charge in [-0.15, -0.1) is 11.8 Å². The maximum Gasteiger partial charge on any atom is 0.230 e. The van der Waals surface area contributed by atoms with E-state index in [0.29, 0.717) is 34.1 Å². The fraction of sp³-hybridized carbons (Fsp3) is 0.562. The molecule has 0 fully saturated rings. The zero-order valence-corrected chi connectivity index (χ0v) is 15.7. The van der Waals surface area contributed by atoms with Gasteiger partial charge in [0.25, 0.3) is 0 Å². The van der Waals surface area contributed by atoms with Crippen molar-refractivity contribution in [3.63, 3.8) is 0 Å². The summed E-state index contributed by atoms with van der Waals surface area (Å²) < 4.78 is 0. The number of amides is 1. The van der Waals surface area contributed by atoms with Crippen molar-refractivity contribution in [2.24, 2.45) is 0 Å². The van der Waals surface area contributed by atoms with Crippen LogP contribution in [0.15, 0.2) is 18.2 Å². The zero-order chi connectivity index (χ0) is 16.5. The summed E-state index contributed by atoms with van der Waals surface area (Å²) in [5.74, 6) is 1.21. The average Bonchev–Trinajstić information content (AvgIpc) is 2.45. The van der Waals surface area contributed by atoms with Gasteiger partial charge in [0, 0.05) is 34.9 Å². The van der Waals surface area contributed by atoms with Gasteiger partial charge in [-0.2, -0.15) is 0 Å². The van der Waals surface area contributed by atoms with Gasteiger partial charge >= 0.3 is 0 Å². The Morgan fingerprint density at radius 3 is 2.68 bits per heavy atom. The van der Waals surface area contributed by atoms with Crippen molar-refractivity contribution in [2.75, 3.05) is 25.4 Å². The Labute approximate surface area is 147 Å². The molecule has 22 heavy (non-hydrogen) atoms. The SMILES string of the molecule is CCN(CCNC(=O)CSCc1ccc(Cl)cc1Cl)C(C)C. The Balaban J connectivity index is 2.23. The van der Waals surface area contributed by atoms with Crippen molar-refractivity contribution in [2.45, 2.75) is 32.6 Å². The molecule has 0 unspecified atom stereocenters. The molecule has 0 heterocycles. The van der Waals surface area contributed by atoms with Crippen LogP contribution in [0, 0.1) is 0 Å². The maximum absolute atomic E-state index is 11.8. The van der Waals surface area contributed by atoms with Gasteiger partial charge in [0.05, 0.1) is 5.75 Å². The molecule has 0 atom stereocenters. The van der Waals surface area contributed by atoms with Crippen LogP contribution in [0.2, 0.25) is 10.0 Å². The van der Waals surface area contributed by atoms with Crippen LogP contribution in [0.3, 0.4) is 0 Å². The lowest BCUT2D eigenvalue weighted by Crippen LogP contribution is -2.38. The third kappa shape index (κ3) is 7.23. The topological polar surface area (TPSA) is 32.3 Å². The van der Waals surface area contributed by atoms with Gasteiger partial charge in [-0.05, 0) is 38.1 Å². The van der Waals surface area contributed by atoms with Gasteiger partial charge in [-0.1, -0.05) is 36.2 Å². The third-order valence-corrected chi connectivity index (χ3v) is 4.93. The van der Waals surface area contributed by atoms with E-state index < -0.39 is 0 Å². The molecule has 0 aromatic heterocycles. The Morgan fingerprint density at radius 1 is 1.36 bits per heavy atom. The number of nitrogens with zero attached hydrogens (tertiary/aromatic N) is 1. The minimum atomic E-state index is 0.0647. The Bertz CT molecular complexity index is 483. The molecule has 0 aliphatic heterocycles. The highest BCUT2D eigenvalue weighted by atomic mass is 35.5. The molecule has 124 valence electrons. The minimum absolute atomic E-state index is 0.0647. The Hall–Kier alpha value is -0.420. The Kier molecular flexibility index (Phi) is 9.25. The van der Waals surface area contributed by atoms with Gasteiger partial charge in [-0.25, -0.2) is 0 Å². The number of benzene rings is 1. The number of nitrogens with one attached hydrogen (secondary N) is 1. The second kappa shape index (κ2) is 10.4. The van der Waals surface area contributed by atoms with E-state index in [0.717, 1.165) is 18.7 Å². The summed E-state index contributed by atoms with van der Waals surface area (Å²) in [5, 5.41) is 4.23. The summed E-state index contributed by atoms with van der Waals surface area (Å²) >= 11 is 13.5. The van der Waals surface area contributed by atoms with Gasteiger partial charge in [0.15, 0.2) is 0 Å². The van der Waals surface area contributed by atoms with Crippen molar-refractivity contribution in [3.05, 3.63) is 33.8 Å². The number of rotatable bonds is 9. The number of hydrogen-bond acceptors (Lipinski definition) is 3. The first-order valence-corrected chi connectivity index (χ1v) is 9.37. The number of halogens is 2. The summed E-state index contributed by atoms with van der Waals surface area (Å²) in [4.78, 5) is 14.1. The van der Waals surface area contributed by atoms with Crippen molar-refractivity contribution < 1.29 is 4.79 Å². The molecule has 0 aliphatic rings. The highest BCUT2D eigenvalue weighted by Gasteiger charge is 2.08. The van der Waals surface area contributed by atoms with Crippen LogP contribution in [0.5, 0.6) is 0 Å². The predicted molar refractivity (Wildman–Crippen MR) is 98.0 cm³/mol. The van der Waals surface area contributed by atoms with Crippen LogP contribution in [0.1, 0.15) is 26.3 Å².